The summed E-state index contributed by atoms with van der Waals surface area (Å²) in [7, 11) is 0. The van der Waals surface area contributed by atoms with Crippen LogP contribution in [0.4, 0.5) is 0 Å². The molecule has 1 N–H and O–H groups in total. The van der Waals surface area contributed by atoms with Gasteiger partial charge in [-0.1, -0.05) is 6.92 Å². The van der Waals surface area contributed by atoms with Crippen LogP contribution in [0.5, 0.6) is 0 Å². The van der Waals surface area contributed by atoms with E-state index < -0.39 is 5.97 Å². The first-order valence-corrected chi connectivity index (χ1v) is 4.90. The summed E-state index contributed by atoms with van der Waals surface area (Å²) in [5.41, 5.74) is 0. The Hall–Kier alpha value is -1.08. The van der Waals surface area contributed by atoms with Crippen LogP contribution in [0, 0.1) is 11.3 Å². The summed E-state index contributed by atoms with van der Waals surface area (Å²) in [6.45, 7) is 6.33. The molecule has 80 valence electrons. The van der Waals surface area contributed by atoms with Gasteiger partial charge in [-0.25, -0.2) is 0 Å². The Balaban J connectivity index is 4.29. The van der Waals surface area contributed by atoms with Crippen LogP contribution in [-0.2, 0) is 4.79 Å². The van der Waals surface area contributed by atoms with Crippen LogP contribution in [0.2, 0.25) is 0 Å². The summed E-state index contributed by atoms with van der Waals surface area (Å²) in [6.07, 6.45) is 0.824. The van der Waals surface area contributed by atoms with Crippen molar-refractivity contribution in [1.29, 1.82) is 5.26 Å². The van der Waals surface area contributed by atoms with Crippen molar-refractivity contribution in [2.45, 2.75) is 45.7 Å². The first kappa shape index (κ1) is 12.9. The smallest absolute Gasteiger partial charge is 0.304 e. The largest absolute Gasteiger partial charge is 0.481 e. The third-order valence-corrected chi connectivity index (χ3v) is 2.18. The average molecular weight is 198 g/mol. The summed E-state index contributed by atoms with van der Waals surface area (Å²) in [5.74, 6) is -0.816. The minimum atomic E-state index is -0.816. The van der Waals surface area contributed by atoms with Gasteiger partial charge in [0.15, 0.2) is 0 Å². The van der Waals surface area contributed by atoms with E-state index in [-0.39, 0.29) is 18.5 Å². The van der Waals surface area contributed by atoms with Gasteiger partial charge in [0.1, 0.15) is 0 Å². The summed E-state index contributed by atoms with van der Waals surface area (Å²) >= 11 is 0. The molecule has 0 aromatic carbocycles. The average Bonchev–Trinajstić information content (AvgIpc) is 2.11. The predicted octanol–water partition coefficient (Wildman–Crippen LogP) is 1.47. The lowest BCUT2D eigenvalue weighted by Gasteiger charge is -2.29. The van der Waals surface area contributed by atoms with Crippen LogP contribution in [0.3, 0.4) is 0 Å². The van der Waals surface area contributed by atoms with Gasteiger partial charge in [-0.15, -0.1) is 0 Å². The van der Waals surface area contributed by atoms with Crippen molar-refractivity contribution in [3.63, 3.8) is 0 Å². The van der Waals surface area contributed by atoms with Gasteiger partial charge in [-0.05, 0) is 20.3 Å². The number of hydrogen-bond donors (Lipinski definition) is 1. The van der Waals surface area contributed by atoms with Crippen molar-refractivity contribution in [3.8, 4) is 6.07 Å². The van der Waals surface area contributed by atoms with Gasteiger partial charge < -0.3 is 5.11 Å². The van der Waals surface area contributed by atoms with Gasteiger partial charge in [-0.2, -0.15) is 5.26 Å². The standard InChI is InChI=1S/C10H18N2O2/c1-4-9(7-11)12(8(2)3)6-5-10(13)14/h8-9H,4-6H2,1-3H3,(H,13,14). The van der Waals surface area contributed by atoms with E-state index in [9.17, 15) is 4.79 Å². The zero-order valence-electron chi connectivity index (χ0n) is 9.03. The van der Waals surface area contributed by atoms with Crippen LogP contribution in [-0.4, -0.2) is 34.6 Å². The van der Waals surface area contributed by atoms with Gasteiger partial charge in [-0.3, -0.25) is 9.69 Å². The Labute approximate surface area is 85.1 Å². The summed E-state index contributed by atoms with van der Waals surface area (Å²) < 4.78 is 0. The molecule has 0 aromatic heterocycles. The molecule has 0 rings (SSSR count). The second-order valence-electron chi connectivity index (χ2n) is 3.53. The molecule has 1 unspecified atom stereocenters. The molecule has 0 aromatic rings. The summed E-state index contributed by atoms with van der Waals surface area (Å²) in [6, 6.07) is 2.23. The fourth-order valence-electron chi connectivity index (χ4n) is 1.40. The number of carboxylic acids is 1. The third-order valence-electron chi connectivity index (χ3n) is 2.18. The Morgan fingerprint density at radius 2 is 2.14 bits per heavy atom. The molecule has 0 saturated carbocycles. The second-order valence-corrected chi connectivity index (χ2v) is 3.53. The van der Waals surface area contributed by atoms with E-state index >= 15 is 0 Å². The predicted molar refractivity (Wildman–Crippen MR) is 53.8 cm³/mol. The number of nitrogens with zero attached hydrogens (tertiary/aromatic N) is 2. The van der Waals surface area contributed by atoms with Gasteiger partial charge >= 0.3 is 5.97 Å². The Bertz CT molecular complexity index is 221. The maximum atomic E-state index is 10.4. The van der Waals surface area contributed by atoms with Crippen LogP contribution in [0.15, 0.2) is 0 Å². The van der Waals surface area contributed by atoms with Crippen molar-refractivity contribution < 1.29 is 9.90 Å². The molecule has 1 atom stereocenters. The van der Waals surface area contributed by atoms with E-state index in [1.165, 1.54) is 0 Å². The molecule has 0 heterocycles. The molecular weight excluding hydrogens is 180 g/mol. The highest BCUT2D eigenvalue weighted by Gasteiger charge is 2.19. The second kappa shape index (κ2) is 6.39. The molecule has 0 aliphatic rings. The van der Waals surface area contributed by atoms with Gasteiger partial charge in [0.25, 0.3) is 0 Å². The molecule has 0 amide bonds. The van der Waals surface area contributed by atoms with Crippen molar-refractivity contribution in [2.75, 3.05) is 6.54 Å². The first-order chi connectivity index (χ1) is 6.52. The molecule has 0 fully saturated rings. The van der Waals surface area contributed by atoms with E-state index in [1.807, 2.05) is 25.7 Å². The van der Waals surface area contributed by atoms with Crippen molar-refractivity contribution in [3.05, 3.63) is 0 Å². The molecule has 0 spiro atoms. The number of rotatable bonds is 6. The maximum absolute atomic E-state index is 10.4. The SMILES string of the molecule is CCC(C#N)N(CCC(=O)O)C(C)C. The Morgan fingerprint density at radius 3 is 2.43 bits per heavy atom. The Kier molecular flexibility index (Phi) is 5.89. The van der Waals surface area contributed by atoms with E-state index in [4.69, 9.17) is 10.4 Å². The zero-order chi connectivity index (χ0) is 11.1. The van der Waals surface area contributed by atoms with Crippen LogP contribution in [0.1, 0.15) is 33.6 Å². The lowest BCUT2D eigenvalue weighted by Crippen LogP contribution is -2.40. The van der Waals surface area contributed by atoms with Gasteiger partial charge in [0.2, 0.25) is 0 Å². The zero-order valence-corrected chi connectivity index (χ0v) is 9.03. The first-order valence-electron chi connectivity index (χ1n) is 4.90. The highest BCUT2D eigenvalue weighted by atomic mass is 16.4. The minimum Gasteiger partial charge on any atom is -0.481 e. The maximum Gasteiger partial charge on any atom is 0.304 e. The monoisotopic (exact) mass is 198 g/mol. The fraction of sp³-hybridized carbons (Fsp3) is 0.800. The fourth-order valence-corrected chi connectivity index (χ4v) is 1.40. The summed E-state index contributed by atoms with van der Waals surface area (Å²) in [5, 5.41) is 17.4. The molecule has 0 saturated heterocycles. The quantitative estimate of drug-likeness (QED) is 0.702. The molecule has 0 radical (unpaired) electrons. The number of carbonyl (C=O) groups is 1. The summed E-state index contributed by atoms with van der Waals surface area (Å²) in [4.78, 5) is 12.3. The van der Waals surface area contributed by atoms with E-state index in [1.54, 1.807) is 0 Å². The number of aliphatic carboxylic acids is 1. The van der Waals surface area contributed by atoms with Crippen LogP contribution >= 0.6 is 0 Å². The van der Waals surface area contributed by atoms with Gasteiger partial charge in [0, 0.05) is 12.6 Å². The van der Waals surface area contributed by atoms with Gasteiger partial charge in [0.05, 0.1) is 18.5 Å². The molecule has 0 aliphatic heterocycles. The number of carboxylic acid groups (broad SMARTS) is 1. The van der Waals surface area contributed by atoms with Crippen molar-refractivity contribution in [1.82, 2.24) is 4.90 Å². The molecule has 4 heteroatoms. The molecule has 0 aliphatic carbocycles. The molecule has 4 nitrogen and oxygen atoms in total. The van der Waals surface area contributed by atoms with Crippen LogP contribution in [0.25, 0.3) is 0 Å². The van der Waals surface area contributed by atoms with E-state index in [2.05, 4.69) is 6.07 Å². The minimum absolute atomic E-state index is 0.0936. The molecule has 0 bridgehead atoms. The van der Waals surface area contributed by atoms with Crippen LogP contribution < -0.4 is 0 Å². The highest BCUT2D eigenvalue weighted by Crippen LogP contribution is 2.09. The van der Waals surface area contributed by atoms with Crippen molar-refractivity contribution >= 4 is 5.97 Å². The number of nitriles is 1. The lowest BCUT2D eigenvalue weighted by atomic mass is 10.1. The topological polar surface area (TPSA) is 64.3 Å². The normalized spacial score (nSPS) is 12.9. The van der Waals surface area contributed by atoms with E-state index in [0.717, 1.165) is 6.42 Å². The highest BCUT2D eigenvalue weighted by molar-refractivity contribution is 5.66. The number of hydrogen-bond acceptors (Lipinski definition) is 3. The van der Waals surface area contributed by atoms with Crippen molar-refractivity contribution in [2.24, 2.45) is 0 Å². The molecule has 14 heavy (non-hydrogen) atoms. The molecular formula is C10H18N2O2. The lowest BCUT2D eigenvalue weighted by molar-refractivity contribution is -0.137. The Morgan fingerprint density at radius 1 is 1.57 bits per heavy atom. The third kappa shape index (κ3) is 4.24. The van der Waals surface area contributed by atoms with E-state index in [0.29, 0.717) is 6.54 Å².